The van der Waals surface area contributed by atoms with Crippen LogP contribution >= 0.6 is 11.6 Å². The molecule has 1 aliphatic heterocycles. The number of piperidine rings is 1. The number of carbonyl (C=O) groups is 1. The van der Waals surface area contributed by atoms with Crippen molar-refractivity contribution < 1.29 is 23.1 Å². The number of hydrogen-bond acceptors (Lipinski definition) is 5. The van der Waals surface area contributed by atoms with Crippen LogP contribution in [-0.4, -0.2) is 43.7 Å². The number of pyridine rings is 1. The van der Waals surface area contributed by atoms with Crippen molar-refractivity contribution in [3.05, 3.63) is 69.5 Å². The van der Waals surface area contributed by atoms with Gasteiger partial charge in [0.15, 0.2) is 17.5 Å². The Morgan fingerprint density at radius 2 is 2.11 bits per heavy atom. The molecule has 1 aromatic carbocycles. The number of likely N-dealkylation sites (tertiary alicyclic amines) is 1. The van der Waals surface area contributed by atoms with Crippen LogP contribution in [0.4, 0.5) is 24.8 Å². The summed E-state index contributed by atoms with van der Waals surface area (Å²) in [6.07, 6.45) is -1.13. The Kier molecular flexibility index (Phi) is 7.80. The molecule has 0 amide bonds. The zero-order chi connectivity index (χ0) is 26.9. The van der Waals surface area contributed by atoms with Gasteiger partial charge in [-0.2, -0.15) is 5.10 Å². The number of rotatable bonds is 8. The lowest BCUT2D eigenvalue weighted by Crippen LogP contribution is -2.49. The summed E-state index contributed by atoms with van der Waals surface area (Å²) in [7, 11) is 0. The van der Waals surface area contributed by atoms with Crippen molar-refractivity contribution >= 4 is 29.2 Å². The Labute approximate surface area is 218 Å². The number of anilines is 2. The second kappa shape index (κ2) is 10.7. The predicted molar refractivity (Wildman–Crippen MR) is 135 cm³/mol. The molecule has 0 saturated carbocycles. The summed E-state index contributed by atoms with van der Waals surface area (Å²) >= 11 is 5.91. The van der Waals surface area contributed by atoms with E-state index >= 15 is 4.39 Å². The molecule has 3 heterocycles. The minimum absolute atomic E-state index is 0.0136. The normalized spacial score (nSPS) is 21.1. The molecule has 0 aliphatic carbocycles. The van der Waals surface area contributed by atoms with Crippen molar-refractivity contribution in [1.29, 1.82) is 0 Å². The molecule has 0 unspecified atom stereocenters. The number of nitrogens with one attached hydrogen (secondary N) is 2. The molecular formula is C26H29ClF3N5O2. The molecule has 7 nitrogen and oxygen atoms in total. The van der Waals surface area contributed by atoms with Gasteiger partial charge in [-0.3, -0.25) is 14.8 Å². The fourth-order valence-corrected chi connectivity index (χ4v) is 5.14. The number of alkyl halides is 1. The number of benzene rings is 1. The Morgan fingerprint density at radius 3 is 2.73 bits per heavy atom. The molecule has 3 aromatic rings. The van der Waals surface area contributed by atoms with Crippen LogP contribution in [0.15, 0.2) is 30.3 Å². The van der Waals surface area contributed by atoms with Crippen LogP contribution in [0, 0.1) is 24.0 Å². The van der Waals surface area contributed by atoms with E-state index in [0.29, 0.717) is 24.5 Å². The Morgan fingerprint density at radius 1 is 1.35 bits per heavy atom. The minimum atomic E-state index is -1.63. The highest BCUT2D eigenvalue weighted by molar-refractivity contribution is 6.30. The maximum atomic E-state index is 15.0. The van der Waals surface area contributed by atoms with Crippen LogP contribution in [-0.2, 0) is 17.8 Å². The van der Waals surface area contributed by atoms with Gasteiger partial charge in [-0.05, 0) is 52.3 Å². The summed E-state index contributed by atoms with van der Waals surface area (Å²) in [5.74, 6) is -2.25. The summed E-state index contributed by atoms with van der Waals surface area (Å²) in [5, 5.41) is 19.8. The van der Waals surface area contributed by atoms with Gasteiger partial charge in [-0.25, -0.2) is 18.2 Å². The van der Waals surface area contributed by atoms with Crippen molar-refractivity contribution in [3.8, 4) is 0 Å². The van der Waals surface area contributed by atoms with E-state index in [9.17, 15) is 18.7 Å². The molecule has 3 atom stereocenters. The van der Waals surface area contributed by atoms with Crippen molar-refractivity contribution in [3.63, 3.8) is 0 Å². The van der Waals surface area contributed by atoms with Crippen LogP contribution in [0.1, 0.15) is 55.4 Å². The molecule has 37 heavy (non-hydrogen) atoms. The van der Waals surface area contributed by atoms with E-state index in [2.05, 4.69) is 20.5 Å². The smallest absolute Gasteiger partial charge is 0.310 e. The summed E-state index contributed by atoms with van der Waals surface area (Å²) in [6, 6.07) is 7.55. The molecule has 3 N–H and O–H groups in total. The first-order valence-electron chi connectivity index (χ1n) is 12.0. The number of carboxylic acids is 1. The summed E-state index contributed by atoms with van der Waals surface area (Å²) in [5.41, 5.74) is 0.0291. The van der Waals surface area contributed by atoms with Gasteiger partial charge >= 0.3 is 5.97 Å². The lowest BCUT2D eigenvalue weighted by molar-refractivity contribution is -0.153. The molecule has 11 heteroatoms. The quantitative estimate of drug-likeness (QED) is 0.322. The Bertz CT molecular complexity index is 1300. The van der Waals surface area contributed by atoms with Gasteiger partial charge in [0.1, 0.15) is 12.0 Å². The number of hydrogen-bond donors (Lipinski definition) is 3. The minimum Gasteiger partial charge on any atom is -0.481 e. The van der Waals surface area contributed by atoms with E-state index in [0.717, 1.165) is 5.69 Å². The molecular weight excluding hydrogens is 507 g/mol. The molecule has 1 fully saturated rings. The van der Waals surface area contributed by atoms with Gasteiger partial charge < -0.3 is 10.4 Å². The lowest BCUT2D eigenvalue weighted by Gasteiger charge is -2.43. The molecule has 0 spiro atoms. The molecule has 1 aliphatic rings. The predicted octanol–water partition coefficient (Wildman–Crippen LogP) is 6.12. The summed E-state index contributed by atoms with van der Waals surface area (Å²) < 4.78 is 43.8. The van der Waals surface area contributed by atoms with Gasteiger partial charge in [-0.1, -0.05) is 23.7 Å². The van der Waals surface area contributed by atoms with Crippen LogP contribution in [0.3, 0.4) is 0 Å². The van der Waals surface area contributed by atoms with Crippen LogP contribution < -0.4 is 5.32 Å². The third kappa shape index (κ3) is 5.75. The number of aryl methyl sites for hydroxylation is 1. The van der Waals surface area contributed by atoms with E-state index in [1.54, 1.807) is 25.1 Å². The van der Waals surface area contributed by atoms with Crippen LogP contribution in [0.5, 0.6) is 0 Å². The van der Waals surface area contributed by atoms with Gasteiger partial charge in [0.25, 0.3) is 0 Å². The molecule has 2 aromatic heterocycles. The van der Waals surface area contributed by atoms with Gasteiger partial charge in [-0.15, -0.1) is 0 Å². The molecule has 1 saturated heterocycles. The van der Waals surface area contributed by atoms with E-state index in [-0.39, 0.29) is 47.4 Å². The zero-order valence-corrected chi connectivity index (χ0v) is 21.5. The lowest BCUT2D eigenvalue weighted by atomic mass is 9.72. The standard InChI is InChI=1S/C26H29ClF3N5O2/c1-14-9-21(34-33-14)32-24-23(30)19(16(3)28)10-18(31-24)12-26(25(36)37)7-8-35(15(2)11-26)13-17-5-4-6-20(27)22(17)29/h4-6,9-10,15-16H,7-8,11-13H2,1-3H3,(H,36,37)(H2,31,32,33,34)/t15-,16+,26-/m1/s1. The second-order valence-electron chi connectivity index (χ2n) is 9.79. The molecule has 0 bridgehead atoms. The summed E-state index contributed by atoms with van der Waals surface area (Å²) in [4.78, 5) is 18.9. The maximum absolute atomic E-state index is 15.0. The fourth-order valence-electron chi connectivity index (χ4n) is 4.95. The monoisotopic (exact) mass is 535 g/mol. The van der Waals surface area contributed by atoms with Crippen LogP contribution in [0.25, 0.3) is 0 Å². The average Bonchev–Trinajstić information content (AvgIpc) is 3.24. The number of aromatic amines is 1. The third-order valence-electron chi connectivity index (χ3n) is 6.99. The first-order valence-corrected chi connectivity index (χ1v) is 12.4. The average molecular weight is 536 g/mol. The third-order valence-corrected chi connectivity index (χ3v) is 7.28. The van der Waals surface area contributed by atoms with E-state index < -0.39 is 29.2 Å². The molecule has 4 rings (SSSR count). The number of aliphatic carboxylic acids is 1. The number of carboxylic acid groups (broad SMARTS) is 1. The fraction of sp³-hybridized carbons (Fsp3) is 0.423. The Hall–Kier alpha value is -3.11. The highest BCUT2D eigenvalue weighted by Crippen LogP contribution is 2.40. The number of H-pyrrole nitrogens is 1. The van der Waals surface area contributed by atoms with E-state index in [4.69, 9.17) is 11.6 Å². The second-order valence-corrected chi connectivity index (χ2v) is 10.2. The number of nitrogens with zero attached hydrogens (tertiary/aromatic N) is 3. The molecule has 0 radical (unpaired) electrons. The van der Waals surface area contributed by atoms with Crippen molar-refractivity contribution in [1.82, 2.24) is 20.1 Å². The first-order chi connectivity index (χ1) is 17.5. The van der Waals surface area contributed by atoms with E-state index in [1.807, 2.05) is 11.8 Å². The summed E-state index contributed by atoms with van der Waals surface area (Å²) in [6.45, 7) is 5.56. The zero-order valence-electron chi connectivity index (χ0n) is 20.8. The van der Waals surface area contributed by atoms with Gasteiger partial charge in [0, 0.05) is 47.6 Å². The van der Waals surface area contributed by atoms with Gasteiger partial charge in [0.2, 0.25) is 0 Å². The van der Waals surface area contributed by atoms with Crippen molar-refractivity contribution in [2.24, 2.45) is 5.41 Å². The van der Waals surface area contributed by atoms with Gasteiger partial charge in [0.05, 0.1) is 10.4 Å². The molecule has 198 valence electrons. The van der Waals surface area contributed by atoms with Crippen molar-refractivity contribution in [2.45, 2.75) is 58.8 Å². The largest absolute Gasteiger partial charge is 0.481 e. The SMILES string of the molecule is Cc1cc(Nc2nc(C[C@@]3(C(=O)O)CCN(Cc4cccc(Cl)c4F)[C@H](C)C3)cc([C@H](C)F)c2F)n[nH]1. The maximum Gasteiger partial charge on any atom is 0.310 e. The first kappa shape index (κ1) is 26.9. The number of halogens is 4. The Balaban J connectivity index is 1.59. The topological polar surface area (TPSA) is 94.1 Å². The number of aromatic nitrogens is 3. The highest BCUT2D eigenvalue weighted by Gasteiger charge is 2.45. The highest BCUT2D eigenvalue weighted by atomic mass is 35.5. The van der Waals surface area contributed by atoms with Crippen LogP contribution in [0.2, 0.25) is 5.02 Å². The van der Waals surface area contributed by atoms with E-state index in [1.165, 1.54) is 19.1 Å². The van der Waals surface area contributed by atoms with Crippen molar-refractivity contribution in [2.75, 3.05) is 11.9 Å².